The number of aromatic nitrogens is 2. The van der Waals surface area contributed by atoms with Crippen LogP contribution < -0.4 is 10.6 Å². The van der Waals surface area contributed by atoms with Crippen LogP contribution in [-0.4, -0.2) is 38.8 Å². The number of carbonyl (C=O) groups is 3. The average Bonchev–Trinajstić information content (AvgIpc) is 3.37. The van der Waals surface area contributed by atoms with Crippen molar-refractivity contribution in [2.24, 2.45) is 0 Å². The first kappa shape index (κ1) is 20.2. The van der Waals surface area contributed by atoms with Crippen molar-refractivity contribution in [3.63, 3.8) is 0 Å². The Hall–Kier alpha value is -3.72. The van der Waals surface area contributed by atoms with Gasteiger partial charge in [0.1, 0.15) is 6.04 Å². The number of carbonyl (C=O) groups excluding carboxylic acids is 3. The Labute approximate surface area is 187 Å². The first-order valence-corrected chi connectivity index (χ1v) is 10.5. The summed E-state index contributed by atoms with van der Waals surface area (Å²) in [5.41, 5.74) is 2.99. The average molecular weight is 452 g/mol. The molecular formula is C22H18ClN5O4. The second kappa shape index (κ2) is 8.08. The lowest BCUT2D eigenvalue weighted by Crippen LogP contribution is -2.52. The molecule has 0 saturated carbocycles. The molecule has 0 spiro atoms. The Morgan fingerprint density at radius 3 is 2.81 bits per heavy atom. The lowest BCUT2D eigenvalue weighted by Gasteiger charge is -2.29. The van der Waals surface area contributed by atoms with Crippen LogP contribution in [0.25, 0.3) is 11.4 Å². The molecule has 1 saturated heterocycles. The summed E-state index contributed by atoms with van der Waals surface area (Å²) in [4.78, 5) is 42.2. The van der Waals surface area contributed by atoms with Crippen LogP contribution in [0.4, 0.5) is 6.01 Å². The van der Waals surface area contributed by atoms with Crippen molar-refractivity contribution in [1.29, 1.82) is 0 Å². The fourth-order valence-corrected chi connectivity index (χ4v) is 4.18. The molecule has 2 aliphatic heterocycles. The van der Waals surface area contributed by atoms with Crippen molar-refractivity contribution in [2.75, 3.05) is 5.32 Å². The second-order valence-electron chi connectivity index (χ2n) is 7.65. The maximum Gasteiger partial charge on any atom is 0.322 e. The zero-order valence-electron chi connectivity index (χ0n) is 16.8. The molecule has 162 valence electrons. The van der Waals surface area contributed by atoms with Crippen molar-refractivity contribution in [3.05, 3.63) is 64.2 Å². The van der Waals surface area contributed by atoms with Gasteiger partial charge in [0.25, 0.3) is 5.91 Å². The molecule has 0 radical (unpaired) electrons. The Kier molecular flexibility index (Phi) is 5.10. The van der Waals surface area contributed by atoms with E-state index in [-0.39, 0.29) is 24.2 Å². The summed E-state index contributed by atoms with van der Waals surface area (Å²) < 4.78 is 5.26. The minimum atomic E-state index is -0.629. The Bertz CT molecular complexity index is 1240. The topological polar surface area (TPSA) is 117 Å². The lowest BCUT2D eigenvalue weighted by molar-refractivity contribution is -0.136. The number of benzene rings is 2. The van der Waals surface area contributed by atoms with Gasteiger partial charge >= 0.3 is 6.01 Å². The van der Waals surface area contributed by atoms with E-state index < -0.39 is 11.9 Å². The van der Waals surface area contributed by atoms with E-state index in [1.165, 1.54) is 4.90 Å². The molecule has 3 amide bonds. The summed E-state index contributed by atoms with van der Waals surface area (Å²) in [5, 5.41) is 9.87. The summed E-state index contributed by atoms with van der Waals surface area (Å²) in [6.07, 6.45) is 0.565. The van der Waals surface area contributed by atoms with E-state index >= 15 is 0 Å². The van der Waals surface area contributed by atoms with Crippen LogP contribution in [0.2, 0.25) is 5.02 Å². The standard InChI is InChI=1S/C22H18ClN5O4/c23-16-4-2-1-3-15(16)19-26-22(32-27-19)24-10-12-5-6-14-13(9-12)11-28(21(14)31)17-7-8-18(29)25-20(17)30/h1-6,9,17H,7-8,10-11H2,(H,24,26,27)(H,25,29,30). The van der Waals surface area contributed by atoms with Gasteiger partial charge in [-0.25, -0.2) is 0 Å². The van der Waals surface area contributed by atoms with Gasteiger partial charge in [-0.3, -0.25) is 19.7 Å². The highest BCUT2D eigenvalue weighted by atomic mass is 35.5. The number of nitrogens with zero attached hydrogens (tertiary/aromatic N) is 3. The van der Waals surface area contributed by atoms with Crippen molar-refractivity contribution in [3.8, 4) is 11.4 Å². The molecule has 1 unspecified atom stereocenters. The third-order valence-corrected chi connectivity index (χ3v) is 5.90. The molecular weight excluding hydrogens is 434 g/mol. The number of rotatable bonds is 5. The fraction of sp³-hybridized carbons (Fsp3) is 0.227. The number of hydrogen-bond donors (Lipinski definition) is 2. The van der Waals surface area contributed by atoms with Gasteiger partial charge in [-0.05, 0) is 35.7 Å². The van der Waals surface area contributed by atoms with Gasteiger partial charge in [-0.1, -0.05) is 41.0 Å². The predicted octanol–water partition coefficient (Wildman–Crippen LogP) is 2.76. The van der Waals surface area contributed by atoms with Crippen LogP contribution in [0.5, 0.6) is 0 Å². The van der Waals surface area contributed by atoms with E-state index in [4.69, 9.17) is 16.1 Å². The smallest absolute Gasteiger partial charge is 0.322 e. The van der Waals surface area contributed by atoms with E-state index in [1.54, 1.807) is 12.1 Å². The van der Waals surface area contributed by atoms with Crippen molar-refractivity contribution in [2.45, 2.75) is 32.0 Å². The zero-order valence-corrected chi connectivity index (χ0v) is 17.6. The van der Waals surface area contributed by atoms with Gasteiger partial charge in [-0.15, -0.1) is 0 Å². The number of anilines is 1. The lowest BCUT2D eigenvalue weighted by atomic mass is 10.0. The highest BCUT2D eigenvalue weighted by molar-refractivity contribution is 6.33. The van der Waals surface area contributed by atoms with Crippen molar-refractivity contribution in [1.82, 2.24) is 20.4 Å². The molecule has 10 heteroatoms. The van der Waals surface area contributed by atoms with Gasteiger partial charge in [0.15, 0.2) is 0 Å². The quantitative estimate of drug-likeness (QED) is 0.572. The molecule has 2 aromatic carbocycles. The molecule has 1 atom stereocenters. The predicted molar refractivity (Wildman–Crippen MR) is 115 cm³/mol. The number of imide groups is 1. The summed E-state index contributed by atoms with van der Waals surface area (Å²) in [5.74, 6) is -0.537. The third-order valence-electron chi connectivity index (χ3n) is 5.57. The molecule has 2 aliphatic rings. The molecule has 1 fully saturated rings. The van der Waals surface area contributed by atoms with Crippen LogP contribution in [0.3, 0.4) is 0 Å². The molecule has 5 rings (SSSR count). The number of fused-ring (bicyclic) bond motifs is 1. The van der Waals surface area contributed by atoms with Crippen LogP contribution >= 0.6 is 11.6 Å². The number of hydrogen-bond acceptors (Lipinski definition) is 7. The number of amides is 3. The van der Waals surface area contributed by atoms with Gasteiger partial charge in [-0.2, -0.15) is 4.98 Å². The molecule has 3 aromatic rings. The Morgan fingerprint density at radius 1 is 1.16 bits per heavy atom. The zero-order chi connectivity index (χ0) is 22.2. The van der Waals surface area contributed by atoms with E-state index in [0.717, 1.165) is 11.1 Å². The molecule has 0 aliphatic carbocycles. The number of nitrogens with one attached hydrogen (secondary N) is 2. The summed E-state index contributed by atoms with van der Waals surface area (Å²) in [7, 11) is 0. The SMILES string of the molecule is O=C1CCC(N2Cc3cc(CNc4nc(-c5ccccc5Cl)no4)ccc3C2=O)C(=O)N1. The maximum absolute atomic E-state index is 12.8. The largest absolute Gasteiger partial charge is 0.334 e. The van der Waals surface area contributed by atoms with Gasteiger partial charge in [0.2, 0.25) is 17.6 Å². The monoisotopic (exact) mass is 451 g/mol. The summed E-state index contributed by atoms with van der Waals surface area (Å²) in [6, 6.07) is 12.4. The molecule has 1 aromatic heterocycles. The molecule has 2 N–H and O–H groups in total. The minimum Gasteiger partial charge on any atom is -0.334 e. The number of piperidine rings is 1. The molecule has 32 heavy (non-hydrogen) atoms. The van der Waals surface area contributed by atoms with Gasteiger partial charge in [0, 0.05) is 30.6 Å². The van der Waals surface area contributed by atoms with E-state index in [2.05, 4.69) is 20.8 Å². The first-order chi connectivity index (χ1) is 15.5. The second-order valence-corrected chi connectivity index (χ2v) is 8.06. The highest BCUT2D eigenvalue weighted by Gasteiger charge is 2.39. The third kappa shape index (κ3) is 3.71. The summed E-state index contributed by atoms with van der Waals surface area (Å²) in [6.45, 7) is 0.732. The molecule has 9 nitrogen and oxygen atoms in total. The van der Waals surface area contributed by atoms with E-state index in [9.17, 15) is 14.4 Å². The fourth-order valence-electron chi connectivity index (χ4n) is 3.96. The van der Waals surface area contributed by atoms with Gasteiger partial charge < -0.3 is 14.7 Å². The van der Waals surface area contributed by atoms with Crippen LogP contribution in [0.1, 0.15) is 34.3 Å². The Balaban J connectivity index is 1.27. The Morgan fingerprint density at radius 2 is 2.00 bits per heavy atom. The maximum atomic E-state index is 12.8. The number of halogens is 1. The highest BCUT2D eigenvalue weighted by Crippen LogP contribution is 2.29. The van der Waals surface area contributed by atoms with E-state index in [1.807, 2.05) is 30.3 Å². The van der Waals surface area contributed by atoms with Crippen LogP contribution in [0, 0.1) is 0 Å². The van der Waals surface area contributed by atoms with Crippen LogP contribution in [0.15, 0.2) is 47.0 Å². The minimum absolute atomic E-state index is 0.199. The van der Waals surface area contributed by atoms with Gasteiger partial charge in [0.05, 0.1) is 5.02 Å². The van der Waals surface area contributed by atoms with Crippen molar-refractivity contribution >= 4 is 35.3 Å². The summed E-state index contributed by atoms with van der Waals surface area (Å²) >= 11 is 6.18. The van der Waals surface area contributed by atoms with E-state index in [0.29, 0.717) is 41.5 Å². The van der Waals surface area contributed by atoms with Crippen molar-refractivity contribution < 1.29 is 18.9 Å². The molecule has 0 bridgehead atoms. The first-order valence-electron chi connectivity index (χ1n) is 10.1. The van der Waals surface area contributed by atoms with Crippen LogP contribution in [-0.2, 0) is 22.7 Å². The normalized spacial score (nSPS) is 18.0. The molecule has 3 heterocycles.